The second kappa shape index (κ2) is 11.0. The first-order valence-corrected chi connectivity index (χ1v) is 13.8. The van der Waals surface area contributed by atoms with Gasteiger partial charge in [0.15, 0.2) is 11.4 Å². The number of aromatic nitrogens is 3. The first-order valence-electron chi connectivity index (χ1n) is 13.8. The lowest BCUT2D eigenvalue weighted by molar-refractivity contribution is -0.124. The van der Waals surface area contributed by atoms with Gasteiger partial charge < -0.3 is 9.15 Å². The van der Waals surface area contributed by atoms with E-state index < -0.39 is 5.97 Å². The summed E-state index contributed by atoms with van der Waals surface area (Å²) < 4.78 is 13.0. The third kappa shape index (κ3) is 5.46. The standard InChI is InChI=1S/C31H36N4O4/c1-6-38-31(37)25-18-34(33-29(25)35(19(2)3)30(36)23-9-7-20(4)8-10-23)24-13-11-22(12-14-24)27-16-26-28(39-27)15-21(5)17-32-26/h11-20,23H,6-10H2,1-5H3/t20-,23-. The highest BCUT2D eigenvalue weighted by Gasteiger charge is 2.34. The molecule has 0 radical (unpaired) electrons. The first kappa shape index (κ1) is 26.7. The summed E-state index contributed by atoms with van der Waals surface area (Å²) >= 11 is 0. The molecule has 8 nitrogen and oxygen atoms in total. The number of pyridine rings is 1. The summed E-state index contributed by atoms with van der Waals surface area (Å²) in [6, 6.07) is 11.4. The highest BCUT2D eigenvalue weighted by atomic mass is 16.5. The van der Waals surface area contributed by atoms with Crippen LogP contribution in [0.1, 0.15) is 69.3 Å². The molecule has 0 saturated heterocycles. The minimum absolute atomic E-state index is 0.0248. The van der Waals surface area contributed by atoms with Gasteiger partial charge in [-0.25, -0.2) is 9.48 Å². The van der Waals surface area contributed by atoms with Crippen molar-refractivity contribution in [2.24, 2.45) is 11.8 Å². The van der Waals surface area contributed by atoms with Gasteiger partial charge in [0.05, 0.1) is 12.3 Å². The minimum Gasteiger partial charge on any atom is -0.462 e. The Hall–Kier alpha value is -3.94. The molecule has 0 unspecified atom stereocenters. The van der Waals surface area contributed by atoms with Crippen LogP contribution in [0.3, 0.4) is 0 Å². The van der Waals surface area contributed by atoms with E-state index in [1.807, 2.05) is 63.4 Å². The molecule has 0 bridgehead atoms. The fraction of sp³-hybridized carbons (Fsp3) is 0.419. The molecular formula is C31H36N4O4. The van der Waals surface area contributed by atoms with Crippen LogP contribution >= 0.6 is 0 Å². The van der Waals surface area contributed by atoms with Gasteiger partial charge in [-0.1, -0.05) is 6.92 Å². The third-order valence-corrected chi connectivity index (χ3v) is 7.46. The maximum absolute atomic E-state index is 13.7. The minimum atomic E-state index is -0.490. The Morgan fingerprint density at radius 3 is 2.51 bits per heavy atom. The number of carbonyl (C=O) groups excluding carboxylic acids is 2. The molecule has 0 N–H and O–H groups in total. The molecule has 5 rings (SSSR count). The van der Waals surface area contributed by atoms with Gasteiger partial charge in [-0.2, -0.15) is 0 Å². The predicted molar refractivity (Wildman–Crippen MR) is 151 cm³/mol. The summed E-state index contributed by atoms with van der Waals surface area (Å²) in [5.41, 5.74) is 4.53. The number of nitrogens with zero attached hydrogens (tertiary/aromatic N) is 4. The van der Waals surface area contributed by atoms with Crippen molar-refractivity contribution in [1.82, 2.24) is 14.8 Å². The summed E-state index contributed by atoms with van der Waals surface area (Å²) in [7, 11) is 0. The number of furan rings is 1. The van der Waals surface area contributed by atoms with Crippen LogP contribution in [0.4, 0.5) is 5.82 Å². The number of hydrogen-bond acceptors (Lipinski definition) is 6. The van der Waals surface area contributed by atoms with E-state index in [0.29, 0.717) is 11.7 Å². The number of hydrogen-bond donors (Lipinski definition) is 0. The molecule has 0 atom stereocenters. The summed E-state index contributed by atoms with van der Waals surface area (Å²) in [6.45, 7) is 10.1. The van der Waals surface area contributed by atoms with E-state index in [1.54, 1.807) is 22.7 Å². The van der Waals surface area contributed by atoms with Gasteiger partial charge in [0.25, 0.3) is 0 Å². The molecule has 204 valence electrons. The normalized spacial score (nSPS) is 17.5. The number of aryl methyl sites for hydroxylation is 1. The van der Waals surface area contributed by atoms with Crippen LogP contribution in [-0.2, 0) is 9.53 Å². The lowest BCUT2D eigenvalue weighted by atomic mass is 9.82. The molecular weight excluding hydrogens is 492 g/mol. The van der Waals surface area contributed by atoms with Crippen LogP contribution in [0.2, 0.25) is 0 Å². The zero-order valence-electron chi connectivity index (χ0n) is 23.3. The Labute approximate surface area is 229 Å². The van der Waals surface area contributed by atoms with Crippen LogP contribution in [0.25, 0.3) is 28.1 Å². The van der Waals surface area contributed by atoms with Crippen molar-refractivity contribution in [2.45, 2.75) is 66.3 Å². The van der Waals surface area contributed by atoms with Crippen molar-refractivity contribution in [3.63, 3.8) is 0 Å². The Kier molecular flexibility index (Phi) is 7.55. The molecule has 4 aromatic rings. The number of carbonyl (C=O) groups is 2. The van der Waals surface area contributed by atoms with Crippen LogP contribution in [-0.4, -0.2) is 39.3 Å². The first-order chi connectivity index (χ1) is 18.7. The van der Waals surface area contributed by atoms with E-state index in [0.717, 1.165) is 59.4 Å². The van der Waals surface area contributed by atoms with E-state index in [9.17, 15) is 9.59 Å². The van der Waals surface area contributed by atoms with Crippen molar-refractivity contribution in [1.29, 1.82) is 0 Å². The Bertz CT molecular complexity index is 1480. The average molecular weight is 529 g/mol. The average Bonchev–Trinajstić information content (AvgIpc) is 3.54. The largest absolute Gasteiger partial charge is 0.462 e. The van der Waals surface area contributed by atoms with Gasteiger partial charge >= 0.3 is 5.97 Å². The van der Waals surface area contributed by atoms with Crippen LogP contribution < -0.4 is 4.90 Å². The second-order valence-electron chi connectivity index (χ2n) is 10.8. The number of fused-ring (bicyclic) bond motifs is 1. The number of ether oxygens (including phenoxy) is 1. The molecule has 1 fully saturated rings. The van der Waals surface area contributed by atoms with Gasteiger partial charge in [0, 0.05) is 36.0 Å². The molecule has 0 aliphatic heterocycles. The summed E-state index contributed by atoms with van der Waals surface area (Å²) in [5, 5.41) is 4.77. The lowest BCUT2D eigenvalue weighted by Gasteiger charge is -2.32. The predicted octanol–water partition coefficient (Wildman–Crippen LogP) is 6.73. The maximum atomic E-state index is 13.7. The molecule has 8 heteroatoms. The van der Waals surface area contributed by atoms with E-state index in [4.69, 9.17) is 14.3 Å². The van der Waals surface area contributed by atoms with E-state index in [2.05, 4.69) is 11.9 Å². The Morgan fingerprint density at radius 2 is 1.85 bits per heavy atom. The van der Waals surface area contributed by atoms with Crippen molar-refractivity contribution >= 4 is 28.8 Å². The molecule has 3 heterocycles. The quantitative estimate of drug-likeness (QED) is 0.247. The lowest BCUT2D eigenvalue weighted by Crippen LogP contribution is -2.43. The fourth-order valence-electron chi connectivity index (χ4n) is 5.27. The molecule has 1 aliphatic rings. The third-order valence-electron chi connectivity index (χ3n) is 7.46. The SMILES string of the molecule is CCOC(=O)c1cn(-c2ccc(-c3cc4ncc(C)cc4o3)cc2)nc1N(C(=O)[C@H]1CC[C@H](C)CC1)C(C)C. The van der Waals surface area contributed by atoms with Gasteiger partial charge in [0.1, 0.15) is 16.8 Å². The zero-order chi connectivity index (χ0) is 27.7. The highest BCUT2D eigenvalue weighted by molar-refractivity contribution is 6.02. The number of esters is 1. The fourth-order valence-corrected chi connectivity index (χ4v) is 5.27. The number of rotatable bonds is 7. The Balaban J connectivity index is 1.48. The number of anilines is 1. The van der Waals surface area contributed by atoms with Crippen LogP contribution in [0.5, 0.6) is 0 Å². The molecule has 1 aromatic carbocycles. The molecule has 39 heavy (non-hydrogen) atoms. The molecule has 0 spiro atoms. The van der Waals surface area contributed by atoms with Gasteiger partial charge in [0.2, 0.25) is 5.91 Å². The van der Waals surface area contributed by atoms with Crippen LogP contribution in [0.15, 0.2) is 53.2 Å². The summed E-state index contributed by atoms with van der Waals surface area (Å²) in [6.07, 6.45) is 7.26. The van der Waals surface area contributed by atoms with Gasteiger partial charge in [-0.05, 0) is 95.2 Å². The van der Waals surface area contributed by atoms with Gasteiger partial charge in [-0.15, -0.1) is 5.10 Å². The zero-order valence-corrected chi connectivity index (χ0v) is 23.3. The Morgan fingerprint density at radius 1 is 1.13 bits per heavy atom. The van der Waals surface area contributed by atoms with E-state index >= 15 is 0 Å². The van der Waals surface area contributed by atoms with Crippen LogP contribution in [0, 0.1) is 18.8 Å². The van der Waals surface area contributed by atoms with Gasteiger partial charge in [-0.3, -0.25) is 14.7 Å². The highest BCUT2D eigenvalue weighted by Crippen LogP contribution is 2.33. The smallest absolute Gasteiger partial charge is 0.343 e. The van der Waals surface area contributed by atoms with Crippen molar-refractivity contribution in [3.8, 4) is 17.0 Å². The van der Waals surface area contributed by atoms with E-state index in [-0.39, 0.29) is 30.0 Å². The summed E-state index contributed by atoms with van der Waals surface area (Å²) in [5.74, 6) is 1.17. The van der Waals surface area contributed by atoms with Crippen molar-refractivity contribution in [3.05, 3.63) is 59.9 Å². The number of amides is 1. The topological polar surface area (TPSA) is 90.5 Å². The molecule has 1 amide bonds. The molecule has 3 aromatic heterocycles. The maximum Gasteiger partial charge on any atom is 0.343 e. The number of benzene rings is 1. The van der Waals surface area contributed by atoms with Crippen molar-refractivity contribution < 1.29 is 18.7 Å². The molecule has 1 saturated carbocycles. The van der Waals surface area contributed by atoms with Crippen molar-refractivity contribution in [2.75, 3.05) is 11.5 Å². The summed E-state index contributed by atoms with van der Waals surface area (Å²) in [4.78, 5) is 32.8. The second-order valence-corrected chi connectivity index (χ2v) is 10.8. The molecule has 1 aliphatic carbocycles. The van der Waals surface area contributed by atoms with E-state index in [1.165, 1.54) is 0 Å². The monoisotopic (exact) mass is 528 g/mol.